The zero-order chi connectivity index (χ0) is 16.9. The third-order valence-electron chi connectivity index (χ3n) is 3.95. The number of nitrogens with zero attached hydrogens (tertiary/aromatic N) is 3. The number of fused-ring (bicyclic) bond motifs is 1. The van der Waals surface area contributed by atoms with Crippen molar-refractivity contribution in [3.8, 4) is 0 Å². The van der Waals surface area contributed by atoms with Crippen LogP contribution in [0.1, 0.15) is 5.56 Å². The normalized spacial score (nSPS) is 24.4. The van der Waals surface area contributed by atoms with E-state index in [1.54, 1.807) is 31.1 Å². The number of aliphatic imine (C=N–C) groups is 1. The van der Waals surface area contributed by atoms with Crippen molar-refractivity contribution in [2.45, 2.75) is 17.1 Å². The highest BCUT2D eigenvalue weighted by Crippen LogP contribution is 2.25. The molecule has 0 aliphatic carbocycles. The minimum atomic E-state index is -3.77. The van der Waals surface area contributed by atoms with E-state index in [-0.39, 0.29) is 4.90 Å². The molecule has 0 saturated carbocycles. The molecule has 3 rings (SSSR count). The van der Waals surface area contributed by atoms with Crippen LogP contribution >= 0.6 is 0 Å². The van der Waals surface area contributed by atoms with Gasteiger partial charge in [0.15, 0.2) is 12.2 Å². The van der Waals surface area contributed by atoms with Crippen LogP contribution in [0, 0.1) is 0 Å². The first-order valence-corrected chi connectivity index (χ1v) is 8.26. The van der Waals surface area contributed by atoms with Gasteiger partial charge in [-0.1, -0.05) is 0 Å². The molecule has 0 aromatic heterocycles. The number of nitrogens with one attached hydrogen (secondary N) is 1. The van der Waals surface area contributed by atoms with Crippen molar-refractivity contribution in [3.05, 3.63) is 29.8 Å². The van der Waals surface area contributed by atoms with Gasteiger partial charge in [-0.3, -0.25) is 10.1 Å². The Morgan fingerprint density at radius 2 is 1.74 bits per heavy atom. The summed E-state index contributed by atoms with van der Waals surface area (Å²) in [4.78, 5) is 31.2. The lowest BCUT2D eigenvalue weighted by molar-refractivity contribution is -0.126. The van der Waals surface area contributed by atoms with E-state index < -0.39 is 34.2 Å². The Morgan fingerprint density at radius 3 is 2.30 bits per heavy atom. The Kier molecular flexibility index (Phi) is 3.38. The van der Waals surface area contributed by atoms with E-state index in [2.05, 4.69) is 10.3 Å². The van der Waals surface area contributed by atoms with Crippen LogP contribution in [-0.4, -0.2) is 62.3 Å². The average molecular weight is 337 g/mol. The largest absolute Gasteiger partial charge is 0.344 e. The summed E-state index contributed by atoms with van der Waals surface area (Å²) >= 11 is 0. The molecule has 0 bridgehead atoms. The summed E-state index contributed by atoms with van der Waals surface area (Å²) in [6, 6.07) is 4.75. The van der Waals surface area contributed by atoms with Crippen LogP contribution in [0.4, 0.5) is 4.79 Å². The number of likely N-dealkylation sites (N-methyl/N-ethyl adjacent to an activating group) is 2. The van der Waals surface area contributed by atoms with Crippen LogP contribution in [0.15, 0.2) is 34.2 Å². The van der Waals surface area contributed by atoms with E-state index >= 15 is 0 Å². The number of sulfonamides is 1. The Morgan fingerprint density at radius 1 is 1.13 bits per heavy atom. The van der Waals surface area contributed by atoms with Crippen LogP contribution in [0.2, 0.25) is 0 Å². The number of hydrogen-bond donors (Lipinski definition) is 2. The summed E-state index contributed by atoms with van der Waals surface area (Å²) < 4.78 is 22.6. The van der Waals surface area contributed by atoms with Gasteiger partial charge in [0.1, 0.15) is 5.84 Å². The number of hydrogen-bond acceptors (Lipinski definition) is 6. The lowest BCUT2D eigenvalue weighted by Gasteiger charge is -2.34. The number of carbonyl (C=O) groups excluding carboxylic acids is 2. The number of amidine groups is 1. The van der Waals surface area contributed by atoms with Crippen molar-refractivity contribution >= 4 is 27.8 Å². The van der Waals surface area contributed by atoms with Gasteiger partial charge >= 0.3 is 6.03 Å². The Balaban J connectivity index is 1.97. The van der Waals surface area contributed by atoms with Gasteiger partial charge in [0, 0.05) is 19.7 Å². The van der Waals surface area contributed by atoms with Gasteiger partial charge in [0.05, 0.1) is 4.90 Å². The molecule has 10 heteroatoms. The number of benzene rings is 1. The monoisotopic (exact) mass is 337 g/mol. The maximum Gasteiger partial charge on any atom is 0.325 e. The molecule has 2 atom stereocenters. The van der Waals surface area contributed by atoms with Crippen LogP contribution in [-0.2, 0) is 14.8 Å². The molecule has 2 unspecified atom stereocenters. The predicted molar refractivity (Wildman–Crippen MR) is 81.0 cm³/mol. The minimum absolute atomic E-state index is 0.00930. The van der Waals surface area contributed by atoms with E-state index in [0.29, 0.717) is 11.4 Å². The van der Waals surface area contributed by atoms with Crippen molar-refractivity contribution < 1.29 is 18.0 Å². The van der Waals surface area contributed by atoms with Gasteiger partial charge < -0.3 is 9.80 Å². The van der Waals surface area contributed by atoms with Crippen molar-refractivity contribution in [1.82, 2.24) is 15.1 Å². The zero-order valence-electron chi connectivity index (χ0n) is 12.4. The zero-order valence-corrected chi connectivity index (χ0v) is 13.2. The van der Waals surface area contributed by atoms with Gasteiger partial charge in [-0.15, -0.1) is 0 Å². The molecular weight excluding hydrogens is 322 g/mol. The second-order valence-electron chi connectivity index (χ2n) is 5.40. The molecule has 1 aromatic carbocycles. The van der Waals surface area contributed by atoms with E-state index in [1.165, 1.54) is 17.0 Å². The Labute approximate surface area is 132 Å². The van der Waals surface area contributed by atoms with Crippen molar-refractivity contribution in [2.75, 3.05) is 14.1 Å². The molecule has 0 radical (unpaired) electrons. The molecule has 1 aromatic rings. The summed E-state index contributed by atoms with van der Waals surface area (Å²) in [7, 11) is -0.519. The fraction of sp³-hybridized carbons (Fsp3) is 0.308. The van der Waals surface area contributed by atoms with Gasteiger partial charge in [0.2, 0.25) is 10.0 Å². The molecule has 3 amide bonds. The molecule has 1 fully saturated rings. The average Bonchev–Trinajstić information content (AvgIpc) is 2.82. The maximum absolute atomic E-state index is 12.0. The molecule has 0 spiro atoms. The lowest BCUT2D eigenvalue weighted by atomic mass is 10.1. The first-order valence-electron chi connectivity index (χ1n) is 6.71. The second-order valence-corrected chi connectivity index (χ2v) is 6.96. The number of carbonyl (C=O) groups is 2. The summed E-state index contributed by atoms with van der Waals surface area (Å²) in [6.45, 7) is 0. The predicted octanol–water partition coefficient (Wildman–Crippen LogP) is -1.10. The molecule has 3 N–H and O–H groups in total. The molecule has 122 valence electrons. The van der Waals surface area contributed by atoms with E-state index in [1.807, 2.05) is 0 Å². The summed E-state index contributed by atoms with van der Waals surface area (Å²) in [6.07, 6.45) is -0.617. The van der Waals surface area contributed by atoms with Gasteiger partial charge in [-0.2, -0.15) is 0 Å². The molecule has 2 aliphatic heterocycles. The van der Waals surface area contributed by atoms with Gasteiger partial charge in [-0.25, -0.2) is 23.3 Å². The molecule has 1 saturated heterocycles. The third kappa shape index (κ3) is 2.45. The second kappa shape index (κ2) is 5.03. The van der Waals surface area contributed by atoms with E-state index in [9.17, 15) is 18.0 Å². The molecule has 2 heterocycles. The van der Waals surface area contributed by atoms with Crippen LogP contribution in [0.5, 0.6) is 0 Å². The van der Waals surface area contributed by atoms with E-state index in [4.69, 9.17) is 5.14 Å². The van der Waals surface area contributed by atoms with Gasteiger partial charge in [-0.05, 0) is 24.3 Å². The first kappa shape index (κ1) is 15.4. The number of imide groups is 1. The molecule has 23 heavy (non-hydrogen) atoms. The minimum Gasteiger partial charge on any atom is -0.344 e. The topological polar surface area (TPSA) is 125 Å². The van der Waals surface area contributed by atoms with E-state index in [0.717, 1.165) is 0 Å². The lowest BCUT2D eigenvalue weighted by Crippen LogP contribution is -2.63. The highest BCUT2D eigenvalue weighted by molar-refractivity contribution is 7.89. The summed E-state index contributed by atoms with van der Waals surface area (Å²) in [5.41, 5.74) is 0.628. The molecular formula is C13H15N5O4S. The van der Waals surface area contributed by atoms with Gasteiger partial charge in [0.25, 0.3) is 5.91 Å². The fourth-order valence-electron chi connectivity index (χ4n) is 2.69. The summed E-state index contributed by atoms with van der Waals surface area (Å²) in [5.74, 6) is 0.0816. The first-order chi connectivity index (χ1) is 10.7. The highest BCUT2D eigenvalue weighted by Gasteiger charge is 2.47. The van der Waals surface area contributed by atoms with Crippen molar-refractivity contribution in [1.29, 1.82) is 0 Å². The number of amides is 3. The maximum atomic E-state index is 12.0. The van der Waals surface area contributed by atoms with Crippen LogP contribution < -0.4 is 10.5 Å². The SMILES string of the molecule is CN1C(=O)NC(=O)C2C1N=C(c1ccc(S(N)(=O)=O)cc1)N2C. The smallest absolute Gasteiger partial charge is 0.325 e. The Hall–Kier alpha value is -2.46. The highest BCUT2D eigenvalue weighted by atomic mass is 32.2. The van der Waals surface area contributed by atoms with Crippen molar-refractivity contribution in [3.63, 3.8) is 0 Å². The third-order valence-corrected chi connectivity index (χ3v) is 4.87. The van der Waals surface area contributed by atoms with Crippen LogP contribution in [0.25, 0.3) is 0 Å². The molecule has 2 aliphatic rings. The van der Waals surface area contributed by atoms with Crippen LogP contribution in [0.3, 0.4) is 0 Å². The number of primary sulfonamides is 1. The molecule has 9 nitrogen and oxygen atoms in total. The fourth-order valence-corrected chi connectivity index (χ4v) is 3.20. The Bertz CT molecular complexity index is 817. The van der Waals surface area contributed by atoms with Crippen molar-refractivity contribution in [2.24, 2.45) is 10.1 Å². The summed E-state index contributed by atoms with van der Waals surface area (Å²) in [5, 5.41) is 7.34. The number of urea groups is 1. The standard InChI is InChI=1S/C13H15N5O4S/c1-17-9-11(18(2)13(20)16-12(9)19)15-10(17)7-3-5-8(6-4-7)23(14,21)22/h3-6,9,11H,1-2H3,(H2,14,21,22)(H,16,19,20). The quantitative estimate of drug-likeness (QED) is 0.709. The number of nitrogens with two attached hydrogens (primary N) is 1. The number of rotatable bonds is 2.